The number of nitrogens with two attached hydrogens (primary N) is 2. The number of hydrogen-bond acceptors (Lipinski definition) is 5. The van der Waals surface area contributed by atoms with Crippen molar-refractivity contribution in [3.05, 3.63) is 54.6 Å². The third kappa shape index (κ3) is 2.57. The number of carbonyl (C=O) groups excluding carboxylic acids is 1. The number of carbonyl (C=O) groups is 1. The lowest BCUT2D eigenvalue weighted by Crippen LogP contribution is -2.13. The molecule has 0 saturated carbocycles. The highest BCUT2D eigenvalue weighted by Crippen LogP contribution is 2.18. The van der Waals surface area contributed by atoms with E-state index in [0.29, 0.717) is 17.2 Å². The van der Waals surface area contributed by atoms with Crippen LogP contribution in [0.15, 0.2) is 48.9 Å². The van der Waals surface area contributed by atoms with Gasteiger partial charge in [-0.2, -0.15) is 0 Å². The van der Waals surface area contributed by atoms with Gasteiger partial charge in [-0.3, -0.25) is 9.78 Å². The number of rotatable bonds is 3. The first-order chi connectivity index (χ1) is 10.1. The van der Waals surface area contributed by atoms with Crippen LogP contribution in [0.25, 0.3) is 17.1 Å². The topological polar surface area (TPSA) is 113 Å². The standard InChI is InChI=1S/C14H12N6O/c15-10-3-1-2-9(6-10)14-18-8-20(19-14)11-4-5-17-12(7-11)13(16)21/h1-8H,15H2,(H2,16,21). The molecule has 0 bridgehead atoms. The molecule has 7 nitrogen and oxygen atoms in total. The molecule has 21 heavy (non-hydrogen) atoms. The van der Waals surface area contributed by atoms with E-state index in [1.807, 2.05) is 12.1 Å². The molecule has 0 fully saturated rings. The fraction of sp³-hybridized carbons (Fsp3) is 0. The van der Waals surface area contributed by atoms with E-state index in [9.17, 15) is 4.79 Å². The molecule has 104 valence electrons. The van der Waals surface area contributed by atoms with Crippen molar-refractivity contribution in [1.29, 1.82) is 0 Å². The number of primary amides is 1. The monoisotopic (exact) mass is 280 g/mol. The molecule has 3 rings (SSSR count). The van der Waals surface area contributed by atoms with Gasteiger partial charge >= 0.3 is 0 Å². The van der Waals surface area contributed by atoms with E-state index in [2.05, 4.69) is 15.1 Å². The first-order valence-electron chi connectivity index (χ1n) is 6.17. The molecule has 2 heterocycles. The van der Waals surface area contributed by atoms with Crippen molar-refractivity contribution in [2.75, 3.05) is 5.73 Å². The summed E-state index contributed by atoms with van der Waals surface area (Å²) < 4.78 is 1.55. The Morgan fingerprint density at radius 1 is 1.14 bits per heavy atom. The fourth-order valence-electron chi connectivity index (χ4n) is 1.89. The van der Waals surface area contributed by atoms with Gasteiger partial charge in [0.05, 0.1) is 5.69 Å². The normalized spacial score (nSPS) is 10.5. The third-order valence-electron chi connectivity index (χ3n) is 2.90. The summed E-state index contributed by atoms with van der Waals surface area (Å²) >= 11 is 0. The van der Waals surface area contributed by atoms with E-state index in [1.54, 1.807) is 35.3 Å². The highest BCUT2D eigenvalue weighted by Gasteiger charge is 2.08. The minimum absolute atomic E-state index is 0.175. The lowest BCUT2D eigenvalue weighted by Gasteiger charge is -2.01. The number of amides is 1. The van der Waals surface area contributed by atoms with Crippen molar-refractivity contribution in [1.82, 2.24) is 19.7 Å². The molecule has 1 aromatic carbocycles. The maximum Gasteiger partial charge on any atom is 0.267 e. The van der Waals surface area contributed by atoms with E-state index in [4.69, 9.17) is 11.5 Å². The van der Waals surface area contributed by atoms with Crippen LogP contribution < -0.4 is 11.5 Å². The molecule has 7 heteroatoms. The summed E-state index contributed by atoms with van der Waals surface area (Å²) in [6.45, 7) is 0. The average Bonchev–Trinajstić information content (AvgIpc) is 2.97. The van der Waals surface area contributed by atoms with Crippen molar-refractivity contribution in [2.45, 2.75) is 0 Å². The average molecular weight is 280 g/mol. The lowest BCUT2D eigenvalue weighted by atomic mass is 10.2. The van der Waals surface area contributed by atoms with Crippen LogP contribution in [0.3, 0.4) is 0 Å². The molecule has 0 unspecified atom stereocenters. The number of nitrogens with zero attached hydrogens (tertiary/aromatic N) is 4. The van der Waals surface area contributed by atoms with E-state index < -0.39 is 5.91 Å². The third-order valence-corrected chi connectivity index (χ3v) is 2.90. The van der Waals surface area contributed by atoms with Crippen molar-refractivity contribution < 1.29 is 4.79 Å². The van der Waals surface area contributed by atoms with Crippen molar-refractivity contribution in [3.8, 4) is 17.1 Å². The second kappa shape index (κ2) is 5.04. The molecule has 3 aromatic rings. The maximum atomic E-state index is 11.1. The van der Waals surface area contributed by atoms with Crippen LogP contribution in [0.2, 0.25) is 0 Å². The zero-order chi connectivity index (χ0) is 14.8. The maximum absolute atomic E-state index is 11.1. The minimum atomic E-state index is -0.590. The first-order valence-corrected chi connectivity index (χ1v) is 6.17. The van der Waals surface area contributed by atoms with Gasteiger partial charge in [-0.05, 0) is 24.3 Å². The minimum Gasteiger partial charge on any atom is -0.399 e. The zero-order valence-electron chi connectivity index (χ0n) is 11.0. The van der Waals surface area contributed by atoms with Gasteiger partial charge in [0, 0.05) is 17.4 Å². The number of aromatic nitrogens is 4. The molecule has 4 N–H and O–H groups in total. The van der Waals surface area contributed by atoms with Crippen LogP contribution >= 0.6 is 0 Å². The summed E-state index contributed by atoms with van der Waals surface area (Å²) in [5.41, 5.74) is 13.2. The number of nitrogen functional groups attached to an aromatic ring is 1. The van der Waals surface area contributed by atoms with Crippen LogP contribution in [0.5, 0.6) is 0 Å². The smallest absolute Gasteiger partial charge is 0.267 e. The molecule has 0 aliphatic carbocycles. The van der Waals surface area contributed by atoms with Gasteiger partial charge in [-0.25, -0.2) is 9.67 Å². The van der Waals surface area contributed by atoms with Gasteiger partial charge in [-0.15, -0.1) is 5.10 Å². The molecule has 0 aliphatic heterocycles. The van der Waals surface area contributed by atoms with Gasteiger partial charge in [-0.1, -0.05) is 12.1 Å². The number of pyridine rings is 1. The molecule has 0 aliphatic rings. The molecule has 0 spiro atoms. The number of anilines is 1. The van der Waals surface area contributed by atoms with Gasteiger partial charge < -0.3 is 11.5 Å². The van der Waals surface area contributed by atoms with Crippen LogP contribution in [0, 0.1) is 0 Å². The Kier molecular flexibility index (Phi) is 3.07. The lowest BCUT2D eigenvalue weighted by molar-refractivity contribution is 0.0995. The summed E-state index contributed by atoms with van der Waals surface area (Å²) in [7, 11) is 0. The Bertz CT molecular complexity index is 810. The summed E-state index contributed by atoms with van der Waals surface area (Å²) in [5.74, 6) is -0.0484. The Balaban J connectivity index is 1.98. The van der Waals surface area contributed by atoms with E-state index in [0.717, 1.165) is 5.56 Å². The molecule has 0 atom stereocenters. The summed E-state index contributed by atoms with van der Waals surface area (Å²) in [4.78, 5) is 19.3. The fourth-order valence-corrected chi connectivity index (χ4v) is 1.89. The van der Waals surface area contributed by atoms with Gasteiger partial charge in [0.2, 0.25) is 0 Å². The van der Waals surface area contributed by atoms with E-state index in [-0.39, 0.29) is 5.69 Å². The van der Waals surface area contributed by atoms with Crippen molar-refractivity contribution in [2.24, 2.45) is 5.73 Å². The quantitative estimate of drug-likeness (QED) is 0.695. The molecular weight excluding hydrogens is 268 g/mol. The predicted molar refractivity (Wildman–Crippen MR) is 77.5 cm³/mol. The Morgan fingerprint density at radius 2 is 2.00 bits per heavy atom. The number of benzene rings is 1. The number of hydrogen-bond donors (Lipinski definition) is 2. The van der Waals surface area contributed by atoms with Crippen LogP contribution in [0.1, 0.15) is 10.5 Å². The molecular formula is C14H12N6O. The largest absolute Gasteiger partial charge is 0.399 e. The van der Waals surface area contributed by atoms with Crippen LogP contribution in [0.4, 0.5) is 5.69 Å². The van der Waals surface area contributed by atoms with Gasteiger partial charge in [0.25, 0.3) is 5.91 Å². The molecule has 0 radical (unpaired) electrons. The Morgan fingerprint density at radius 3 is 2.76 bits per heavy atom. The summed E-state index contributed by atoms with van der Waals surface area (Å²) in [6.07, 6.45) is 3.05. The van der Waals surface area contributed by atoms with Crippen LogP contribution in [-0.2, 0) is 0 Å². The molecule has 2 aromatic heterocycles. The molecule has 0 saturated heterocycles. The Hall–Kier alpha value is -3.22. The Labute approximate surface area is 120 Å². The van der Waals surface area contributed by atoms with Gasteiger partial charge in [0.15, 0.2) is 5.82 Å². The van der Waals surface area contributed by atoms with Crippen molar-refractivity contribution >= 4 is 11.6 Å². The predicted octanol–water partition coefficient (Wildman–Crippen LogP) is 1.01. The zero-order valence-corrected chi connectivity index (χ0v) is 11.0. The summed E-state index contributed by atoms with van der Waals surface area (Å²) in [6, 6.07) is 10.6. The van der Waals surface area contributed by atoms with E-state index >= 15 is 0 Å². The highest BCUT2D eigenvalue weighted by molar-refractivity contribution is 5.91. The van der Waals surface area contributed by atoms with Crippen molar-refractivity contribution in [3.63, 3.8) is 0 Å². The first kappa shape index (κ1) is 12.8. The van der Waals surface area contributed by atoms with Crippen LogP contribution in [-0.4, -0.2) is 25.7 Å². The highest BCUT2D eigenvalue weighted by atomic mass is 16.1. The SMILES string of the molecule is NC(=O)c1cc(-n2cnc(-c3cccc(N)c3)n2)ccn1. The second-order valence-electron chi connectivity index (χ2n) is 4.40. The van der Waals surface area contributed by atoms with E-state index in [1.165, 1.54) is 6.20 Å². The molecule has 1 amide bonds. The van der Waals surface area contributed by atoms with Gasteiger partial charge in [0.1, 0.15) is 12.0 Å². The second-order valence-corrected chi connectivity index (χ2v) is 4.40. The summed E-state index contributed by atoms with van der Waals surface area (Å²) in [5, 5.41) is 4.36.